The van der Waals surface area contributed by atoms with Gasteiger partial charge in [-0.2, -0.15) is 13.2 Å². The van der Waals surface area contributed by atoms with Gasteiger partial charge in [-0.15, -0.1) is 23.2 Å². The van der Waals surface area contributed by atoms with E-state index in [2.05, 4.69) is 10.6 Å². The SMILES string of the molecule is O=C(CC1(C(F)(F)F)CC1)Nc1c(F)ccc(NC(=O)c2cc(NC(=O)C3CC3(Cl)Cl)ccc2Cl)c1F. The van der Waals surface area contributed by atoms with Crippen molar-refractivity contribution in [3.63, 3.8) is 0 Å². The standard InChI is InChI=1S/C23H17Cl3F5N3O3/c24-13-2-1-10(32-20(37)12-8-22(12,25)26)7-11(13)19(36)33-15-4-3-14(27)18(17(15)28)34-16(35)9-21(5-6-21)23(29,30)31/h1-4,7,12H,5-6,8-9H2,(H,32,37)(H,33,36)(H,34,35). The predicted molar refractivity (Wildman–Crippen MR) is 128 cm³/mol. The van der Waals surface area contributed by atoms with E-state index < -0.39 is 69.0 Å². The van der Waals surface area contributed by atoms with Crippen LogP contribution in [0, 0.1) is 23.0 Å². The van der Waals surface area contributed by atoms with Crippen LogP contribution in [-0.2, 0) is 9.59 Å². The van der Waals surface area contributed by atoms with Gasteiger partial charge in [-0.3, -0.25) is 14.4 Å². The number of alkyl halides is 5. The molecule has 198 valence electrons. The molecule has 2 aliphatic carbocycles. The first-order valence-electron chi connectivity index (χ1n) is 10.8. The highest BCUT2D eigenvalue weighted by atomic mass is 35.5. The summed E-state index contributed by atoms with van der Waals surface area (Å²) in [6.07, 6.45) is -5.88. The third-order valence-corrected chi connectivity index (χ3v) is 7.34. The van der Waals surface area contributed by atoms with Gasteiger partial charge < -0.3 is 16.0 Å². The summed E-state index contributed by atoms with van der Waals surface area (Å²) in [4.78, 5) is 37.1. The highest BCUT2D eigenvalue weighted by Crippen LogP contribution is 2.60. The van der Waals surface area contributed by atoms with Crippen LogP contribution >= 0.6 is 34.8 Å². The summed E-state index contributed by atoms with van der Waals surface area (Å²) in [5.41, 5.74) is -3.81. The highest BCUT2D eigenvalue weighted by Gasteiger charge is 2.63. The number of benzene rings is 2. The van der Waals surface area contributed by atoms with Gasteiger partial charge in [0.1, 0.15) is 15.8 Å². The van der Waals surface area contributed by atoms with E-state index in [4.69, 9.17) is 34.8 Å². The number of hydrogen-bond acceptors (Lipinski definition) is 3. The van der Waals surface area contributed by atoms with Crippen molar-refractivity contribution in [1.29, 1.82) is 0 Å². The van der Waals surface area contributed by atoms with Crippen LogP contribution in [0.5, 0.6) is 0 Å². The summed E-state index contributed by atoms with van der Waals surface area (Å²) in [6.45, 7) is 0. The van der Waals surface area contributed by atoms with Crippen molar-refractivity contribution in [2.75, 3.05) is 16.0 Å². The minimum Gasteiger partial charge on any atom is -0.326 e. The first-order valence-corrected chi connectivity index (χ1v) is 11.9. The molecule has 2 aliphatic rings. The van der Waals surface area contributed by atoms with Gasteiger partial charge in [-0.05, 0) is 49.6 Å². The molecule has 0 bridgehead atoms. The fourth-order valence-corrected chi connectivity index (χ4v) is 4.37. The molecule has 2 saturated carbocycles. The van der Waals surface area contributed by atoms with Gasteiger partial charge >= 0.3 is 6.18 Å². The molecule has 0 spiro atoms. The molecule has 2 aromatic carbocycles. The van der Waals surface area contributed by atoms with Gasteiger partial charge in [-0.25, -0.2) is 8.78 Å². The second-order valence-corrected chi connectivity index (χ2v) is 10.9. The van der Waals surface area contributed by atoms with E-state index in [1.54, 1.807) is 0 Å². The van der Waals surface area contributed by atoms with Crippen LogP contribution in [-0.4, -0.2) is 28.2 Å². The van der Waals surface area contributed by atoms with Crippen LogP contribution < -0.4 is 16.0 Å². The smallest absolute Gasteiger partial charge is 0.326 e. The Morgan fingerprint density at radius 3 is 2.22 bits per heavy atom. The Balaban J connectivity index is 1.48. The van der Waals surface area contributed by atoms with Gasteiger partial charge in [0, 0.05) is 12.1 Å². The molecule has 0 aromatic heterocycles. The van der Waals surface area contributed by atoms with Crippen LogP contribution in [0.15, 0.2) is 30.3 Å². The molecular weight excluding hydrogens is 568 g/mol. The van der Waals surface area contributed by atoms with Crippen molar-refractivity contribution in [3.8, 4) is 0 Å². The van der Waals surface area contributed by atoms with Crippen molar-refractivity contribution in [1.82, 2.24) is 0 Å². The molecule has 4 rings (SSSR count). The molecule has 2 fully saturated rings. The van der Waals surface area contributed by atoms with Crippen LogP contribution in [0.2, 0.25) is 5.02 Å². The lowest BCUT2D eigenvalue weighted by atomic mass is 10.0. The Morgan fingerprint density at radius 2 is 1.65 bits per heavy atom. The molecule has 0 aliphatic heterocycles. The second kappa shape index (κ2) is 9.59. The van der Waals surface area contributed by atoms with Crippen LogP contribution in [0.3, 0.4) is 0 Å². The van der Waals surface area contributed by atoms with Crippen LogP contribution in [0.4, 0.5) is 39.0 Å². The average Bonchev–Trinajstić information content (AvgIpc) is 3.70. The summed E-state index contributed by atoms with van der Waals surface area (Å²) in [5, 5.41) is 6.47. The maximum absolute atomic E-state index is 15.0. The van der Waals surface area contributed by atoms with Crippen molar-refractivity contribution in [3.05, 3.63) is 52.6 Å². The van der Waals surface area contributed by atoms with E-state index in [-0.39, 0.29) is 35.5 Å². The Labute approximate surface area is 221 Å². The van der Waals surface area contributed by atoms with Crippen molar-refractivity contribution < 1.29 is 36.3 Å². The molecule has 1 unspecified atom stereocenters. The Kier molecular flexibility index (Phi) is 7.11. The highest BCUT2D eigenvalue weighted by molar-refractivity contribution is 6.52. The average molecular weight is 585 g/mol. The number of amides is 3. The summed E-state index contributed by atoms with van der Waals surface area (Å²) < 4.78 is 67.3. The van der Waals surface area contributed by atoms with E-state index >= 15 is 0 Å². The predicted octanol–water partition coefficient (Wildman–Crippen LogP) is 6.67. The van der Waals surface area contributed by atoms with Gasteiger partial charge in [0.05, 0.1) is 27.6 Å². The molecule has 0 saturated heterocycles. The minimum absolute atomic E-state index is 0.0658. The third-order valence-electron chi connectivity index (χ3n) is 6.18. The third kappa shape index (κ3) is 5.78. The Hall–Kier alpha value is -2.63. The van der Waals surface area contributed by atoms with Crippen molar-refractivity contribution >= 4 is 69.6 Å². The first kappa shape index (κ1) is 27.4. The normalized spacial score (nSPS) is 19.1. The molecule has 3 amide bonds. The van der Waals surface area contributed by atoms with Gasteiger partial charge in [0.25, 0.3) is 5.91 Å². The largest absolute Gasteiger partial charge is 0.395 e. The Morgan fingerprint density at radius 1 is 1.00 bits per heavy atom. The summed E-state index contributed by atoms with van der Waals surface area (Å²) in [5.74, 6) is -5.96. The van der Waals surface area contributed by atoms with Gasteiger partial charge in [0.15, 0.2) is 5.82 Å². The summed E-state index contributed by atoms with van der Waals surface area (Å²) in [6, 6.07) is 5.50. The van der Waals surface area contributed by atoms with Crippen LogP contribution in [0.1, 0.15) is 36.0 Å². The molecular formula is C23H17Cl3F5N3O3. The molecule has 0 heterocycles. The van der Waals surface area contributed by atoms with E-state index in [1.807, 2.05) is 5.32 Å². The molecule has 6 nitrogen and oxygen atoms in total. The van der Waals surface area contributed by atoms with E-state index in [9.17, 15) is 36.3 Å². The zero-order valence-corrected chi connectivity index (χ0v) is 20.8. The lowest BCUT2D eigenvalue weighted by molar-refractivity contribution is -0.189. The van der Waals surface area contributed by atoms with E-state index in [1.165, 1.54) is 18.2 Å². The van der Waals surface area contributed by atoms with Gasteiger partial charge in [0.2, 0.25) is 11.8 Å². The van der Waals surface area contributed by atoms with E-state index in [0.717, 1.165) is 12.1 Å². The van der Waals surface area contributed by atoms with E-state index in [0.29, 0.717) is 0 Å². The van der Waals surface area contributed by atoms with Crippen molar-refractivity contribution in [2.24, 2.45) is 11.3 Å². The van der Waals surface area contributed by atoms with Crippen molar-refractivity contribution in [2.45, 2.75) is 36.2 Å². The minimum atomic E-state index is -4.62. The fraction of sp³-hybridized carbons (Fsp3) is 0.348. The zero-order chi connectivity index (χ0) is 27.3. The number of hydrogen-bond donors (Lipinski definition) is 3. The summed E-state index contributed by atoms with van der Waals surface area (Å²) >= 11 is 17.8. The number of carbonyl (C=O) groups excluding carboxylic acids is 3. The maximum Gasteiger partial charge on any atom is 0.395 e. The maximum atomic E-state index is 15.0. The number of anilines is 3. The van der Waals surface area contributed by atoms with Gasteiger partial charge in [-0.1, -0.05) is 11.6 Å². The Bertz CT molecular complexity index is 1300. The molecule has 2 aromatic rings. The lowest BCUT2D eigenvalue weighted by Gasteiger charge is -2.19. The molecule has 14 heteroatoms. The molecule has 1 atom stereocenters. The summed E-state index contributed by atoms with van der Waals surface area (Å²) in [7, 11) is 0. The lowest BCUT2D eigenvalue weighted by Crippen LogP contribution is -2.30. The van der Waals surface area contributed by atoms with Crippen LogP contribution in [0.25, 0.3) is 0 Å². The monoisotopic (exact) mass is 583 g/mol. The molecule has 37 heavy (non-hydrogen) atoms. The first-order chi connectivity index (χ1) is 17.1. The molecule has 0 radical (unpaired) electrons. The quantitative estimate of drug-likeness (QED) is 0.251. The number of rotatable bonds is 7. The topological polar surface area (TPSA) is 87.3 Å². The zero-order valence-electron chi connectivity index (χ0n) is 18.5. The number of carbonyl (C=O) groups is 3. The second-order valence-electron chi connectivity index (χ2n) is 8.94. The fourth-order valence-electron chi connectivity index (χ4n) is 3.66. The number of halogens is 8. The molecule has 3 N–H and O–H groups in total. The number of nitrogens with one attached hydrogen (secondary N) is 3.